The lowest BCUT2D eigenvalue weighted by molar-refractivity contribution is 0.437. The number of fused-ring (bicyclic) bond motifs is 3. The Morgan fingerprint density at radius 2 is 2.05 bits per heavy atom. The molecule has 3 atom stereocenters. The molecule has 3 heteroatoms. The molecular weight excluding hydrogens is 288 g/mol. The van der Waals surface area contributed by atoms with Crippen molar-refractivity contribution < 1.29 is 0 Å². The van der Waals surface area contributed by atoms with Gasteiger partial charge in [-0.15, -0.1) is 0 Å². The van der Waals surface area contributed by atoms with Gasteiger partial charge in [-0.3, -0.25) is 9.71 Å². The smallest absolute Gasteiger partial charge is 0.0417 e. The molecule has 0 spiro atoms. The van der Waals surface area contributed by atoms with Crippen molar-refractivity contribution in [2.45, 2.75) is 30.2 Å². The predicted molar refractivity (Wildman–Crippen MR) is 92.4 cm³/mol. The molecule has 3 unspecified atom stereocenters. The number of aromatic nitrogens is 1. The number of nitrogens with one attached hydrogen (secondary N) is 1. The third-order valence-electron chi connectivity index (χ3n) is 5.03. The Morgan fingerprint density at radius 1 is 1.14 bits per heavy atom. The van der Waals surface area contributed by atoms with E-state index in [1.54, 1.807) is 11.9 Å². The van der Waals surface area contributed by atoms with Crippen LogP contribution in [0.25, 0.3) is 5.57 Å². The van der Waals surface area contributed by atoms with Crippen LogP contribution in [-0.4, -0.2) is 11.0 Å². The lowest BCUT2D eigenvalue weighted by Gasteiger charge is -2.24. The molecule has 1 aromatic heterocycles. The second-order valence-corrected chi connectivity index (χ2v) is 7.18. The fourth-order valence-electron chi connectivity index (χ4n) is 3.92. The van der Waals surface area contributed by atoms with Crippen LogP contribution in [0, 0.1) is 11.8 Å². The molecule has 1 fully saturated rings. The van der Waals surface area contributed by atoms with Gasteiger partial charge in [0.05, 0.1) is 0 Å². The summed E-state index contributed by atoms with van der Waals surface area (Å²) in [6.07, 6.45) is 7.45. The molecule has 2 aromatic rings. The molecule has 0 aliphatic heterocycles. The van der Waals surface area contributed by atoms with Crippen LogP contribution in [0.1, 0.15) is 24.0 Å². The molecule has 1 saturated carbocycles. The van der Waals surface area contributed by atoms with E-state index in [9.17, 15) is 0 Å². The van der Waals surface area contributed by atoms with Gasteiger partial charge in [0.15, 0.2) is 0 Å². The molecular formula is C19H20N2S. The van der Waals surface area contributed by atoms with E-state index < -0.39 is 0 Å². The fraction of sp³-hybridized carbons (Fsp3) is 0.316. The zero-order valence-electron chi connectivity index (χ0n) is 12.5. The predicted octanol–water partition coefficient (Wildman–Crippen LogP) is 4.34. The summed E-state index contributed by atoms with van der Waals surface area (Å²) in [6, 6.07) is 13.4. The van der Waals surface area contributed by atoms with Crippen molar-refractivity contribution in [1.82, 2.24) is 9.71 Å². The SMILES string of the molecule is C=C1c2ccccc2CC2CCC1C2NSc1cccnc1. The van der Waals surface area contributed by atoms with Crippen LogP contribution < -0.4 is 4.72 Å². The Hall–Kier alpha value is -1.58. The van der Waals surface area contributed by atoms with Gasteiger partial charge in [-0.05, 0) is 66.0 Å². The van der Waals surface area contributed by atoms with Crippen LogP contribution in [-0.2, 0) is 6.42 Å². The Bertz CT molecular complexity index is 683. The van der Waals surface area contributed by atoms with Gasteiger partial charge in [-0.25, -0.2) is 0 Å². The van der Waals surface area contributed by atoms with E-state index in [0.717, 1.165) is 6.42 Å². The number of pyridine rings is 1. The van der Waals surface area contributed by atoms with E-state index >= 15 is 0 Å². The molecule has 0 radical (unpaired) electrons. The number of benzene rings is 1. The molecule has 112 valence electrons. The highest BCUT2D eigenvalue weighted by Gasteiger charge is 2.40. The fourth-order valence-corrected chi connectivity index (χ4v) is 4.81. The third-order valence-corrected chi connectivity index (χ3v) is 5.90. The van der Waals surface area contributed by atoms with Gasteiger partial charge in [0.25, 0.3) is 0 Å². The van der Waals surface area contributed by atoms with Crippen molar-refractivity contribution in [2.75, 3.05) is 0 Å². The van der Waals surface area contributed by atoms with Crippen LogP contribution in [0.3, 0.4) is 0 Å². The van der Waals surface area contributed by atoms with Gasteiger partial charge in [0.1, 0.15) is 0 Å². The van der Waals surface area contributed by atoms with E-state index in [4.69, 9.17) is 0 Å². The van der Waals surface area contributed by atoms with Crippen molar-refractivity contribution >= 4 is 17.5 Å². The summed E-state index contributed by atoms with van der Waals surface area (Å²) in [7, 11) is 0. The first kappa shape index (κ1) is 14.0. The average molecular weight is 308 g/mol. The number of hydrogen-bond donors (Lipinski definition) is 1. The molecule has 1 heterocycles. The van der Waals surface area contributed by atoms with Crippen LogP contribution in [0.2, 0.25) is 0 Å². The Morgan fingerprint density at radius 3 is 2.91 bits per heavy atom. The molecule has 1 aromatic carbocycles. The topological polar surface area (TPSA) is 24.9 Å². The molecule has 4 rings (SSSR count). The summed E-state index contributed by atoms with van der Waals surface area (Å²) >= 11 is 1.71. The summed E-state index contributed by atoms with van der Waals surface area (Å²) in [5.41, 5.74) is 4.17. The van der Waals surface area contributed by atoms with E-state index in [-0.39, 0.29) is 0 Å². The summed E-state index contributed by atoms with van der Waals surface area (Å²) < 4.78 is 3.72. The molecule has 0 amide bonds. The Kier molecular flexibility index (Phi) is 3.77. The molecule has 2 nitrogen and oxygen atoms in total. The third kappa shape index (κ3) is 2.49. The number of nitrogens with zero attached hydrogens (tertiary/aromatic N) is 1. The maximum absolute atomic E-state index is 4.44. The van der Waals surface area contributed by atoms with Crippen LogP contribution in [0.5, 0.6) is 0 Å². The first-order valence-corrected chi connectivity index (χ1v) is 8.74. The largest absolute Gasteiger partial charge is 0.264 e. The maximum atomic E-state index is 4.44. The van der Waals surface area contributed by atoms with E-state index in [0.29, 0.717) is 17.9 Å². The minimum Gasteiger partial charge on any atom is -0.264 e. The lowest BCUT2D eigenvalue weighted by atomic mass is 9.89. The Labute approximate surface area is 136 Å². The first-order chi connectivity index (χ1) is 10.8. The normalized spacial score (nSPS) is 26.5. The second kappa shape index (κ2) is 5.90. The molecule has 0 saturated heterocycles. The lowest BCUT2D eigenvalue weighted by Crippen LogP contribution is -2.33. The van der Waals surface area contributed by atoms with Crippen molar-refractivity contribution in [1.29, 1.82) is 0 Å². The molecule has 2 bridgehead atoms. The van der Waals surface area contributed by atoms with Gasteiger partial charge in [-0.2, -0.15) is 0 Å². The summed E-state index contributed by atoms with van der Waals surface area (Å²) in [6.45, 7) is 4.44. The maximum Gasteiger partial charge on any atom is 0.0417 e. The molecule has 22 heavy (non-hydrogen) atoms. The van der Waals surface area contributed by atoms with Crippen LogP contribution >= 0.6 is 11.9 Å². The molecule has 2 aliphatic carbocycles. The minimum absolute atomic E-state index is 0.505. The number of hydrogen-bond acceptors (Lipinski definition) is 3. The molecule has 2 aliphatic rings. The summed E-state index contributed by atoms with van der Waals surface area (Å²) in [5.74, 6) is 1.26. The van der Waals surface area contributed by atoms with E-state index in [1.165, 1.54) is 34.4 Å². The average Bonchev–Trinajstić information content (AvgIpc) is 2.91. The van der Waals surface area contributed by atoms with Crippen molar-refractivity contribution in [3.63, 3.8) is 0 Å². The minimum atomic E-state index is 0.505. The standard InChI is InChI=1S/C19H20N2S/c1-13-17-7-3-2-5-14(17)11-15-8-9-18(13)19(15)21-22-16-6-4-10-20-12-16/h2-7,10,12,15,18-19,21H,1,8-9,11H2. The van der Waals surface area contributed by atoms with Crippen molar-refractivity contribution in [3.8, 4) is 0 Å². The zero-order valence-corrected chi connectivity index (χ0v) is 13.4. The second-order valence-electron chi connectivity index (χ2n) is 6.26. The van der Waals surface area contributed by atoms with E-state index in [1.807, 2.05) is 18.5 Å². The zero-order chi connectivity index (χ0) is 14.9. The van der Waals surface area contributed by atoms with Crippen LogP contribution in [0.15, 0.2) is 60.3 Å². The Balaban J connectivity index is 1.57. The van der Waals surface area contributed by atoms with Gasteiger partial charge < -0.3 is 0 Å². The highest BCUT2D eigenvalue weighted by molar-refractivity contribution is 7.97. The van der Waals surface area contributed by atoms with E-state index in [2.05, 4.69) is 46.6 Å². The van der Waals surface area contributed by atoms with Gasteiger partial charge in [-0.1, -0.05) is 30.8 Å². The molecule has 1 N–H and O–H groups in total. The van der Waals surface area contributed by atoms with Crippen molar-refractivity contribution in [2.24, 2.45) is 11.8 Å². The highest BCUT2D eigenvalue weighted by atomic mass is 32.2. The first-order valence-electron chi connectivity index (χ1n) is 7.92. The quantitative estimate of drug-likeness (QED) is 0.854. The van der Waals surface area contributed by atoms with Crippen molar-refractivity contribution in [3.05, 3.63) is 66.5 Å². The summed E-state index contributed by atoms with van der Waals surface area (Å²) in [4.78, 5) is 5.36. The van der Waals surface area contributed by atoms with Crippen LogP contribution in [0.4, 0.5) is 0 Å². The number of rotatable bonds is 3. The van der Waals surface area contributed by atoms with Gasteiger partial charge in [0, 0.05) is 29.2 Å². The summed E-state index contributed by atoms with van der Waals surface area (Å²) in [5, 5.41) is 0. The van der Waals surface area contributed by atoms with Gasteiger partial charge in [0.2, 0.25) is 0 Å². The highest BCUT2D eigenvalue weighted by Crippen LogP contribution is 2.46. The van der Waals surface area contributed by atoms with Gasteiger partial charge >= 0.3 is 0 Å². The monoisotopic (exact) mass is 308 g/mol.